The van der Waals surface area contributed by atoms with Crippen molar-refractivity contribution in [2.24, 2.45) is 0 Å². The number of benzene rings is 1. The molecule has 2 amide bonds. The Morgan fingerprint density at radius 3 is 3.00 bits per heavy atom. The number of amides is 2. The summed E-state index contributed by atoms with van der Waals surface area (Å²) in [6.07, 6.45) is 0.792. The summed E-state index contributed by atoms with van der Waals surface area (Å²) in [6, 6.07) is 6.98. The molecule has 0 radical (unpaired) electrons. The van der Waals surface area contributed by atoms with Gasteiger partial charge < -0.3 is 20.5 Å². The molecule has 3 N–H and O–H groups in total. The van der Waals surface area contributed by atoms with E-state index in [0.717, 1.165) is 17.9 Å². The molecular weight excluding hydrogens is 264 g/mol. The summed E-state index contributed by atoms with van der Waals surface area (Å²) < 4.78 is 5.08. The number of anilines is 1. The molecule has 0 aliphatic carbocycles. The van der Waals surface area contributed by atoms with Crippen molar-refractivity contribution in [3.8, 4) is 5.75 Å². The highest BCUT2D eigenvalue weighted by Crippen LogP contribution is 2.16. The minimum Gasteiger partial charge on any atom is -0.497 e. The van der Waals surface area contributed by atoms with Gasteiger partial charge in [0, 0.05) is 30.7 Å². The number of carbonyl (C=O) groups excluding carboxylic acids is 1. The third-order valence-corrected chi connectivity index (χ3v) is 3.38. The summed E-state index contributed by atoms with van der Waals surface area (Å²) in [7, 11) is 1.59. The van der Waals surface area contributed by atoms with E-state index < -0.39 is 0 Å². The number of ether oxygens (including phenoxy) is 1. The van der Waals surface area contributed by atoms with Gasteiger partial charge in [0.2, 0.25) is 0 Å². The van der Waals surface area contributed by atoms with Crippen molar-refractivity contribution >= 4 is 23.5 Å². The van der Waals surface area contributed by atoms with Crippen LogP contribution in [-0.2, 0) is 0 Å². The number of hydrogen-bond acceptors (Lipinski definition) is 4. The number of urea groups is 1. The van der Waals surface area contributed by atoms with E-state index in [1.807, 2.05) is 12.1 Å². The maximum Gasteiger partial charge on any atom is 0.319 e. The van der Waals surface area contributed by atoms with Gasteiger partial charge >= 0.3 is 6.03 Å². The quantitative estimate of drug-likeness (QED) is 0.638. The second-order valence-electron chi connectivity index (χ2n) is 3.80. The third-order valence-electron chi connectivity index (χ3n) is 2.31. The topological polar surface area (TPSA) is 70.6 Å². The van der Waals surface area contributed by atoms with Gasteiger partial charge in [-0.15, -0.1) is 0 Å². The molecule has 0 aromatic heterocycles. The summed E-state index contributed by atoms with van der Waals surface area (Å²) >= 11 is 1.71. The van der Waals surface area contributed by atoms with Gasteiger partial charge in [0.25, 0.3) is 0 Å². The lowest BCUT2D eigenvalue weighted by Gasteiger charge is -2.08. The first-order valence-electron chi connectivity index (χ1n) is 6.13. The molecule has 19 heavy (non-hydrogen) atoms. The van der Waals surface area contributed by atoms with Crippen LogP contribution in [0.15, 0.2) is 24.3 Å². The molecule has 0 saturated heterocycles. The molecule has 0 aliphatic rings. The summed E-state index contributed by atoms with van der Waals surface area (Å²) in [5.74, 6) is 2.46. The van der Waals surface area contributed by atoms with Gasteiger partial charge in [0.1, 0.15) is 5.75 Å². The Kier molecular flexibility index (Phi) is 7.84. The van der Waals surface area contributed by atoms with Crippen molar-refractivity contribution < 1.29 is 14.6 Å². The number of aliphatic hydroxyl groups excluding tert-OH is 1. The SMILES string of the molecule is COc1cccc(NC(=O)NCCSCCCO)c1. The molecule has 0 unspecified atom stereocenters. The molecule has 5 nitrogen and oxygen atoms in total. The number of methoxy groups -OCH3 is 1. The van der Waals surface area contributed by atoms with Gasteiger partial charge in [-0.2, -0.15) is 11.8 Å². The zero-order valence-electron chi connectivity index (χ0n) is 11.0. The van der Waals surface area contributed by atoms with E-state index in [4.69, 9.17) is 9.84 Å². The van der Waals surface area contributed by atoms with Crippen molar-refractivity contribution in [2.75, 3.05) is 37.1 Å². The molecule has 0 spiro atoms. The number of nitrogens with one attached hydrogen (secondary N) is 2. The lowest BCUT2D eigenvalue weighted by Crippen LogP contribution is -2.30. The van der Waals surface area contributed by atoms with Crippen LogP contribution < -0.4 is 15.4 Å². The Hall–Kier alpha value is -1.40. The van der Waals surface area contributed by atoms with Gasteiger partial charge in [0.15, 0.2) is 0 Å². The molecular formula is C13H20N2O3S. The summed E-state index contributed by atoms with van der Waals surface area (Å²) in [5, 5.41) is 14.1. The summed E-state index contributed by atoms with van der Waals surface area (Å²) in [4.78, 5) is 11.6. The minimum atomic E-state index is -0.226. The van der Waals surface area contributed by atoms with Crippen molar-refractivity contribution in [3.05, 3.63) is 24.3 Å². The predicted octanol–water partition coefficient (Wildman–Crippen LogP) is 1.93. The number of rotatable bonds is 8. The Balaban J connectivity index is 2.19. The fraction of sp³-hybridized carbons (Fsp3) is 0.462. The zero-order chi connectivity index (χ0) is 13.9. The summed E-state index contributed by atoms with van der Waals surface area (Å²) in [5.41, 5.74) is 0.699. The number of thioether (sulfide) groups is 1. The number of hydrogen-bond donors (Lipinski definition) is 3. The molecule has 0 saturated carbocycles. The van der Waals surface area contributed by atoms with Crippen LogP contribution in [0.4, 0.5) is 10.5 Å². The first-order valence-corrected chi connectivity index (χ1v) is 7.29. The molecule has 0 atom stereocenters. The van der Waals surface area contributed by atoms with E-state index in [2.05, 4.69) is 10.6 Å². The van der Waals surface area contributed by atoms with E-state index in [0.29, 0.717) is 18.0 Å². The van der Waals surface area contributed by atoms with Crippen LogP contribution in [0.1, 0.15) is 6.42 Å². The van der Waals surface area contributed by atoms with Crippen LogP contribution in [0.5, 0.6) is 5.75 Å². The molecule has 0 fully saturated rings. The van der Waals surface area contributed by atoms with Crippen LogP contribution in [0.2, 0.25) is 0 Å². The van der Waals surface area contributed by atoms with E-state index in [9.17, 15) is 4.79 Å². The second kappa shape index (κ2) is 9.52. The zero-order valence-corrected chi connectivity index (χ0v) is 11.8. The highest BCUT2D eigenvalue weighted by molar-refractivity contribution is 7.99. The van der Waals surface area contributed by atoms with E-state index in [1.165, 1.54) is 0 Å². The lowest BCUT2D eigenvalue weighted by atomic mass is 10.3. The maximum atomic E-state index is 11.6. The average Bonchev–Trinajstić information content (AvgIpc) is 2.43. The lowest BCUT2D eigenvalue weighted by molar-refractivity contribution is 0.252. The largest absolute Gasteiger partial charge is 0.497 e. The Bertz CT molecular complexity index is 388. The smallest absolute Gasteiger partial charge is 0.319 e. The van der Waals surface area contributed by atoms with E-state index in [-0.39, 0.29) is 12.6 Å². The maximum absolute atomic E-state index is 11.6. The van der Waals surface area contributed by atoms with Gasteiger partial charge in [-0.3, -0.25) is 0 Å². The van der Waals surface area contributed by atoms with Crippen molar-refractivity contribution in [2.45, 2.75) is 6.42 Å². The molecule has 6 heteroatoms. The Morgan fingerprint density at radius 1 is 1.42 bits per heavy atom. The number of carbonyl (C=O) groups is 1. The minimum absolute atomic E-state index is 0.219. The third kappa shape index (κ3) is 6.93. The van der Waals surface area contributed by atoms with E-state index >= 15 is 0 Å². The molecule has 1 aromatic carbocycles. The van der Waals surface area contributed by atoms with Gasteiger partial charge in [0.05, 0.1) is 7.11 Å². The Labute approximate surface area is 117 Å². The van der Waals surface area contributed by atoms with Crippen molar-refractivity contribution in [1.82, 2.24) is 5.32 Å². The second-order valence-corrected chi connectivity index (χ2v) is 5.03. The predicted molar refractivity (Wildman–Crippen MR) is 79.0 cm³/mol. The molecule has 106 valence electrons. The van der Waals surface area contributed by atoms with Crippen molar-refractivity contribution in [3.63, 3.8) is 0 Å². The first kappa shape index (κ1) is 15.7. The summed E-state index contributed by atoms with van der Waals surface area (Å²) in [6.45, 7) is 0.822. The highest BCUT2D eigenvalue weighted by atomic mass is 32.2. The number of aliphatic hydroxyl groups is 1. The average molecular weight is 284 g/mol. The van der Waals surface area contributed by atoms with E-state index in [1.54, 1.807) is 31.0 Å². The fourth-order valence-electron chi connectivity index (χ4n) is 1.38. The standard InChI is InChI=1S/C13H20N2O3S/c1-18-12-5-2-4-11(10-12)15-13(17)14-6-9-19-8-3-7-16/h2,4-5,10,16H,3,6-9H2,1H3,(H2,14,15,17). The Morgan fingerprint density at radius 2 is 2.26 bits per heavy atom. The van der Waals surface area contributed by atoms with Gasteiger partial charge in [-0.05, 0) is 24.3 Å². The van der Waals surface area contributed by atoms with Crippen LogP contribution in [-0.4, -0.2) is 42.9 Å². The molecule has 0 bridgehead atoms. The van der Waals surface area contributed by atoms with Gasteiger partial charge in [-0.1, -0.05) is 6.07 Å². The fourth-order valence-corrected chi connectivity index (χ4v) is 2.17. The van der Waals surface area contributed by atoms with Crippen LogP contribution in [0, 0.1) is 0 Å². The molecule has 1 aromatic rings. The highest BCUT2D eigenvalue weighted by Gasteiger charge is 2.01. The monoisotopic (exact) mass is 284 g/mol. The van der Waals surface area contributed by atoms with Crippen LogP contribution >= 0.6 is 11.8 Å². The van der Waals surface area contributed by atoms with Crippen LogP contribution in [0.3, 0.4) is 0 Å². The first-order chi connectivity index (χ1) is 9.26. The van der Waals surface area contributed by atoms with Crippen molar-refractivity contribution in [1.29, 1.82) is 0 Å². The molecule has 1 rings (SSSR count). The van der Waals surface area contributed by atoms with Crippen LogP contribution in [0.25, 0.3) is 0 Å². The van der Waals surface area contributed by atoms with Gasteiger partial charge in [-0.25, -0.2) is 4.79 Å². The molecule has 0 aliphatic heterocycles. The molecule has 0 heterocycles. The normalized spacial score (nSPS) is 10.0.